The average molecular weight is 416 g/mol. The van der Waals surface area contributed by atoms with Crippen LogP contribution >= 0.6 is 0 Å². The van der Waals surface area contributed by atoms with Crippen LogP contribution < -0.4 is 0 Å². The lowest BCUT2D eigenvalue weighted by atomic mass is 9.93. The minimum atomic E-state index is -0.0333. The highest BCUT2D eigenvalue weighted by atomic mass is 16.2. The van der Waals surface area contributed by atoms with E-state index in [1.54, 1.807) is 6.20 Å². The van der Waals surface area contributed by atoms with E-state index in [2.05, 4.69) is 27.4 Å². The molecule has 0 aliphatic carbocycles. The summed E-state index contributed by atoms with van der Waals surface area (Å²) in [6.45, 7) is 3.16. The Labute approximate surface area is 179 Å². The lowest BCUT2D eigenvalue weighted by Crippen LogP contribution is -2.42. The summed E-state index contributed by atoms with van der Waals surface area (Å²) >= 11 is 0. The van der Waals surface area contributed by atoms with Crippen molar-refractivity contribution in [1.29, 1.82) is 0 Å². The third-order valence-electron chi connectivity index (χ3n) is 6.87. The van der Waals surface area contributed by atoms with Crippen LogP contribution in [-0.2, 0) is 43.8 Å². The van der Waals surface area contributed by atoms with Crippen molar-refractivity contribution in [3.63, 3.8) is 0 Å². The van der Waals surface area contributed by atoms with Crippen molar-refractivity contribution >= 4 is 11.8 Å². The van der Waals surface area contributed by atoms with Gasteiger partial charge < -0.3 is 9.80 Å². The van der Waals surface area contributed by atoms with Crippen molar-refractivity contribution in [2.75, 3.05) is 6.54 Å². The number of nitrogens with one attached hydrogen (secondary N) is 1. The molecule has 0 bridgehead atoms. The van der Waals surface area contributed by atoms with Gasteiger partial charge in [-0.2, -0.15) is 10.2 Å². The number of rotatable bonds is 2. The summed E-state index contributed by atoms with van der Waals surface area (Å²) in [7, 11) is 0. The van der Waals surface area contributed by atoms with Crippen molar-refractivity contribution in [3.05, 3.63) is 70.3 Å². The summed E-state index contributed by atoms with van der Waals surface area (Å²) < 4.78 is 1.99. The van der Waals surface area contributed by atoms with Crippen molar-refractivity contribution in [2.24, 2.45) is 5.92 Å². The van der Waals surface area contributed by atoms with Gasteiger partial charge in [0.05, 0.1) is 12.2 Å². The number of hydrogen-bond donors (Lipinski definition) is 1. The number of hydrogen-bond acceptors (Lipinski definition) is 4. The monoisotopic (exact) mass is 416 g/mol. The Kier molecular flexibility index (Phi) is 4.19. The first-order chi connectivity index (χ1) is 15.2. The number of aromatic amines is 1. The number of aromatic nitrogens is 4. The van der Waals surface area contributed by atoms with Crippen LogP contribution in [0.3, 0.4) is 0 Å². The maximum Gasteiger partial charge on any atom is 0.275 e. The van der Waals surface area contributed by atoms with E-state index in [4.69, 9.17) is 0 Å². The van der Waals surface area contributed by atoms with Crippen LogP contribution in [0.5, 0.6) is 0 Å². The van der Waals surface area contributed by atoms with Crippen LogP contribution in [0.4, 0.5) is 0 Å². The molecular formula is C23H24N6O2. The van der Waals surface area contributed by atoms with Crippen molar-refractivity contribution in [3.8, 4) is 0 Å². The Bertz CT molecular complexity index is 1150. The average Bonchev–Trinajstić information content (AvgIpc) is 3.54. The van der Waals surface area contributed by atoms with Crippen LogP contribution in [0.15, 0.2) is 36.5 Å². The Morgan fingerprint density at radius 1 is 1.00 bits per heavy atom. The summed E-state index contributed by atoms with van der Waals surface area (Å²) in [5.74, 6) is 0.155. The predicted octanol–water partition coefficient (Wildman–Crippen LogP) is 1.91. The molecule has 31 heavy (non-hydrogen) atoms. The van der Waals surface area contributed by atoms with Crippen molar-refractivity contribution < 1.29 is 9.59 Å². The fraction of sp³-hybridized carbons (Fsp3) is 0.391. The van der Waals surface area contributed by atoms with Gasteiger partial charge in [-0.25, -0.2) is 0 Å². The van der Waals surface area contributed by atoms with Gasteiger partial charge in [0.2, 0.25) is 5.91 Å². The van der Waals surface area contributed by atoms with Crippen molar-refractivity contribution in [2.45, 2.75) is 45.4 Å². The van der Waals surface area contributed by atoms with E-state index >= 15 is 0 Å². The van der Waals surface area contributed by atoms with E-state index in [0.717, 1.165) is 36.3 Å². The summed E-state index contributed by atoms with van der Waals surface area (Å²) in [5.41, 5.74) is 5.89. The minimum absolute atomic E-state index is 0.00197. The molecule has 1 aromatic carbocycles. The minimum Gasteiger partial charge on any atom is -0.336 e. The number of H-pyrrole nitrogens is 1. The van der Waals surface area contributed by atoms with Gasteiger partial charge in [0.25, 0.3) is 5.91 Å². The summed E-state index contributed by atoms with van der Waals surface area (Å²) in [4.78, 5) is 30.1. The fourth-order valence-electron chi connectivity index (χ4n) is 5.15. The van der Waals surface area contributed by atoms with E-state index in [9.17, 15) is 9.59 Å². The topological polar surface area (TPSA) is 87.1 Å². The number of amides is 2. The van der Waals surface area contributed by atoms with Gasteiger partial charge in [0.15, 0.2) is 5.69 Å². The van der Waals surface area contributed by atoms with Gasteiger partial charge in [0, 0.05) is 56.0 Å². The summed E-state index contributed by atoms with van der Waals surface area (Å²) in [5, 5.41) is 11.7. The second-order valence-corrected chi connectivity index (χ2v) is 8.70. The lowest BCUT2D eigenvalue weighted by Gasteiger charge is -2.32. The molecule has 2 aromatic heterocycles. The van der Waals surface area contributed by atoms with Crippen LogP contribution in [0.1, 0.15) is 45.0 Å². The maximum absolute atomic E-state index is 13.2. The highest BCUT2D eigenvalue weighted by molar-refractivity contribution is 5.94. The molecule has 0 saturated heterocycles. The van der Waals surface area contributed by atoms with E-state index in [0.29, 0.717) is 38.3 Å². The number of fused-ring (bicyclic) bond motifs is 3. The number of carbonyl (C=O) groups is 2. The number of nitrogens with zero attached hydrogens (tertiary/aromatic N) is 5. The van der Waals surface area contributed by atoms with E-state index < -0.39 is 0 Å². The van der Waals surface area contributed by atoms with Crippen LogP contribution in [0, 0.1) is 5.92 Å². The van der Waals surface area contributed by atoms with Gasteiger partial charge in [-0.1, -0.05) is 24.3 Å². The van der Waals surface area contributed by atoms with Gasteiger partial charge in [-0.3, -0.25) is 19.4 Å². The lowest BCUT2D eigenvalue weighted by molar-refractivity contribution is -0.137. The van der Waals surface area contributed by atoms with Gasteiger partial charge in [-0.05, 0) is 30.0 Å². The molecule has 3 aliphatic heterocycles. The Morgan fingerprint density at radius 3 is 2.61 bits per heavy atom. The first-order valence-electron chi connectivity index (χ1n) is 10.9. The third-order valence-corrected chi connectivity index (χ3v) is 6.87. The molecule has 1 atom stereocenters. The molecule has 158 valence electrons. The zero-order valence-corrected chi connectivity index (χ0v) is 17.3. The predicted molar refractivity (Wildman–Crippen MR) is 112 cm³/mol. The Balaban J connectivity index is 1.16. The SMILES string of the molecule is O=C(c1n[nH]c2c1CCN(C(=O)C1CCn3nccc3C1)C2)N1Cc2ccccc2C1. The maximum atomic E-state index is 13.2. The van der Waals surface area contributed by atoms with Gasteiger partial charge in [0.1, 0.15) is 0 Å². The van der Waals surface area contributed by atoms with Crippen LogP contribution in [0.25, 0.3) is 0 Å². The van der Waals surface area contributed by atoms with Crippen molar-refractivity contribution in [1.82, 2.24) is 29.8 Å². The zero-order chi connectivity index (χ0) is 20.9. The highest BCUT2D eigenvalue weighted by Crippen LogP contribution is 2.28. The molecular weight excluding hydrogens is 392 g/mol. The third kappa shape index (κ3) is 3.05. The molecule has 8 nitrogen and oxygen atoms in total. The van der Waals surface area contributed by atoms with Gasteiger partial charge >= 0.3 is 0 Å². The fourth-order valence-corrected chi connectivity index (χ4v) is 5.15. The number of carbonyl (C=O) groups excluding carboxylic acids is 2. The van der Waals surface area contributed by atoms with Crippen LogP contribution in [-0.4, -0.2) is 48.1 Å². The molecule has 2 amide bonds. The molecule has 0 fully saturated rings. The molecule has 1 N–H and O–H groups in total. The summed E-state index contributed by atoms with van der Waals surface area (Å²) in [6, 6.07) is 10.2. The zero-order valence-electron chi connectivity index (χ0n) is 17.3. The second-order valence-electron chi connectivity index (χ2n) is 8.70. The smallest absolute Gasteiger partial charge is 0.275 e. The standard InChI is InChI=1S/C23H24N6O2/c30-22(15-6-10-29-18(11-15)5-8-24-29)27-9-7-19-20(14-27)25-26-21(19)23(31)28-12-16-3-1-2-4-17(16)13-28/h1-5,8,15H,6-7,9-14H2,(H,25,26). The molecule has 5 heterocycles. The van der Waals surface area contributed by atoms with Gasteiger partial charge in [-0.15, -0.1) is 0 Å². The normalized spacial score (nSPS) is 19.7. The largest absolute Gasteiger partial charge is 0.336 e. The second kappa shape index (κ2) is 7.08. The molecule has 0 spiro atoms. The molecule has 0 radical (unpaired) electrons. The molecule has 8 heteroatoms. The van der Waals surface area contributed by atoms with E-state index in [1.807, 2.05) is 32.7 Å². The number of aryl methyl sites for hydroxylation is 1. The quantitative estimate of drug-likeness (QED) is 0.691. The van der Waals surface area contributed by atoms with E-state index in [1.165, 1.54) is 11.1 Å². The molecule has 1 unspecified atom stereocenters. The number of benzene rings is 1. The highest BCUT2D eigenvalue weighted by Gasteiger charge is 2.34. The molecule has 0 saturated carbocycles. The Morgan fingerprint density at radius 2 is 1.81 bits per heavy atom. The summed E-state index contributed by atoms with van der Waals surface area (Å²) in [6.07, 6.45) is 4.02. The first kappa shape index (κ1) is 18.4. The van der Waals surface area contributed by atoms with Crippen LogP contribution in [0.2, 0.25) is 0 Å². The first-order valence-corrected chi connectivity index (χ1v) is 10.9. The van der Waals surface area contributed by atoms with E-state index in [-0.39, 0.29) is 17.7 Å². The Hall–Kier alpha value is -3.42. The molecule has 6 rings (SSSR count). The molecule has 3 aromatic rings. The molecule has 3 aliphatic rings.